The molecule has 0 aliphatic rings. The van der Waals surface area contributed by atoms with E-state index in [-0.39, 0.29) is 17.3 Å². The number of ether oxygens (including phenoxy) is 2. The molecule has 0 aliphatic carbocycles. The summed E-state index contributed by atoms with van der Waals surface area (Å²) < 4.78 is 37.8. The van der Waals surface area contributed by atoms with Gasteiger partial charge in [-0.1, -0.05) is 12.1 Å². The Morgan fingerprint density at radius 2 is 1.62 bits per heavy atom. The molecule has 0 unspecified atom stereocenters. The van der Waals surface area contributed by atoms with E-state index in [9.17, 15) is 13.2 Å². The van der Waals surface area contributed by atoms with Crippen molar-refractivity contribution in [1.82, 2.24) is 10.0 Å². The van der Waals surface area contributed by atoms with E-state index in [1.165, 1.54) is 31.3 Å². The molecule has 0 aromatic heterocycles. The highest BCUT2D eigenvalue weighted by Gasteiger charge is 2.16. The van der Waals surface area contributed by atoms with Crippen LogP contribution in [0.1, 0.15) is 12.5 Å². The van der Waals surface area contributed by atoms with Crippen LogP contribution in [0, 0.1) is 0 Å². The Balaban J connectivity index is 2.00. The molecule has 2 rings (SSSR count). The van der Waals surface area contributed by atoms with E-state index in [0.29, 0.717) is 11.5 Å². The Kier molecular flexibility index (Phi) is 6.59. The number of likely N-dealkylation sites (N-methyl/N-ethyl adjacent to an activating group) is 1. The Labute approximate surface area is 153 Å². The second-order valence-corrected chi connectivity index (χ2v) is 7.29. The normalized spacial score (nSPS) is 12.3. The third-order valence-electron chi connectivity index (χ3n) is 3.69. The Morgan fingerprint density at radius 1 is 1.04 bits per heavy atom. The van der Waals surface area contributed by atoms with Gasteiger partial charge in [0.05, 0.1) is 12.0 Å². The summed E-state index contributed by atoms with van der Waals surface area (Å²) in [4.78, 5) is 11.6. The van der Waals surface area contributed by atoms with Crippen LogP contribution < -0.4 is 19.5 Å². The van der Waals surface area contributed by atoms with Gasteiger partial charge < -0.3 is 14.8 Å². The number of hydrogen-bond donors (Lipinski definition) is 2. The lowest BCUT2D eigenvalue weighted by Crippen LogP contribution is -2.33. The molecule has 2 aromatic rings. The fraction of sp³-hybridized carbons (Fsp3) is 0.278. The molecule has 1 amide bonds. The number of sulfonamides is 1. The number of hydrogen-bond acceptors (Lipinski definition) is 5. The van der Waals surface area contributed by atoms with Crippen LogP contribution in [0.15, 0.2) is 53.4 Å². The highest BCUT2D eigenvalue weighted by atomic mass is 32.2. The zero-order chi connectivity index (χ0) is 19.2. The predicted octanol–water partition coefficient (Wildman–Crippen LogP) is 1.69. The van der Waals surface area contributed by atoms with Crippen molar-refractivity contribution >= 4 is 15.9 Å². The molecule has 2 aromatic carbocycles. The van der Waals surface area contributed by atoms with Gasteiger partial charge in [0.2, 0.25) is 10.0 Å². The summed E-state index contributed by atoms with van der Waals surface area (Å²) in [7, 11) is -0.566. The number of methoxy groups -OCH3 is 1. The standard InChI is InChI=1S/C18H22N2O5S/c1-13(18(21)19-2)25-16-8-10-17(11-9-16)26(22,23)20-12-14-4-6-15(24-3)7-5-14/h4-11,13,20H,12H2,1-3H3,(H,19,21)/t13-/m0/s1. The molecular weight excluding hydrogens is 356 g/mol. The number of carbonyl (C=O) groups excluding carboxylic acids is 1. The van der Waals surface area contributed by atoms with E-state index in [4.69, 9.17) is 9.47 Å². The molecule has 0 fully saturated rings. The molecule has 8 heteroatoms. The lowest BCUT2D eigenvalue weighted by atomic mass is 10.2. The number of rotatable bonds is 8. The monoisotopic (exact) mass is 378 g/mol. The van der Waals surface area contributed by atoms with E-state index in [1.54, 1.807) is 38.3 Å². The van der Waals surface area contributed by atoms with Gasteiger partial charge >= 0.3 is 0 Å². The average Bonchev–Trinajstić information content (AvgIpc) is 2.66. The van der Waals surface area contributed by atoms with Crippen LogP contribution in [0.5, 0.6) is 11.5 Å². The highest BCUT2D eigenvalue weighted by molar-refractivity contribution is 7.89. The lowest BCUT2D eigenvalue weighted by molar-refractivity contribution is -0.126. The third-order valence-corrected chi connectivity index (χ3v) is 5.11. The van der Waals surface area contributed by atoms with Crippen molar-refractivity contribution in [2.24, 2.45) is 0 Å². The largest absolute Gasteiger partial charge is 0.497 e. The van der Waals surface area contributed by atoms with Crippen molar-refractivity contribution < 1.29 is 22.7 Å². The molecule has 7 nitrogen and oxygen atoms in total. The van der Waals surface area contributed by atoms with Crippen LogP contribution in [-0.2, 0) is 21.4 Å². The molecule has 1 atom stereocenters. The molecule has 0 heterocycles. The van der Waals surface area contributed by atoms with Gasteiger partial charge in [-0.25, -0.2) is 13.1 Å². The summed E-state index contributed by atoms with van der Waals surface area (Å²) in [5.74, 6) is 0.858. The Morgan fingerprint density at radius 3 is 2.15 bits per heavy atom. The van der Waals surface area contributed by atoms with Crippen LogP contribution in [0.3, 0.4) is 0 Å². The first kappa shape index (κ1) is 19.7. The van der Waals surface area contributed by atoms with Gasteiger partial charge in [0.1, 0.15) is 11.5 Å². The minimum Gasteiger partial charge on any atom is -0.497 e. The summed E-state index contributed by atoms with van der Waals surface area (Å²) in [6.07, 6.45) is -0.671. The molecule has 0 spiro atoms. The predicted molar refractivity (Wildman–Crippen MR) is 97.6 cm³/mol. The first-order valence-electron chi connectivity index (χ1n) is 7.96. The van der Waals surface area contributed by atoms with E-state index in [2.05, 4.69) is 10.0 Å². The van der Waals surface area contributed by atoms with E-state index in [0.717, 1.165) is 5.56 Å². The quantitative estimate of drug-likeness (QED) is 0.729. The number of nitrogens with one attached hydrogen (secondary N) is 2. The maximum Gasteiger partial charge on any atom is 0.260 e. The lowest BCUT2D eigenvalue weighted by Gasteiger charge is -2.13. The van der Waals surface area contributed by atoms with Crippen molar-refractivity contribution in [2.45, 2.75) is 24.5 Å². The van der Waals surface area contributed by atoms with Gasteiger partial charge in [0, 0.05) is 13.6 Å². The summed E-state index contributed by atoms with van der Waals surface area (Å²) in [5.41, 5.74) is 0.814. The summed E-state index contributed by atoms with van der Waals surface area (Å²) in [6.45, 7) is 1.78. The Hall–Kier alpha value is -2.58. The van der Waals surface area contributed by atoms with Crippen molar-refractivity contribution in [3.05, 3.63) is 54.1 Å². The van der Waals surface area contributed by atoms with Crippen molar-refractivity contribution in [2.75, 3.05) is 14.2 Å². The molecule has 0 aliphatic heterocycles. The van der Waals surface area contributed by atoms with Gasteiger partial charge in [-0.15, -0.1) is 0 Å². The fourth-order valence-corrected chi connectivity index (χ4v) is 3.18. The maximum absolute atomic E-state index is 12.4. The van der Waals surface area contributed by atoms with Gasteiger partial charge in [0.15, 0.2) is 6.10 Å². The van der Waals surface area contributed by atoms with E-state index in [1.807, 2.05) is 0 Å². The topological polar surface area (TPSA) is 93.7 Å². The first-order chi connectivity index (χ1) is 12.4. The van der Waals surface area contributed by atoms with Crippen molar-refractivity contribution in [3.8, 4) is 11.5 Å². The van der Waals surface area contributed by atoms with Crippen LogP contribution in [0.25, 0.3) is 0 Å². The van der Waals surface area contributed by atoms with Gasteiger partial charge in [-0.3, -0.25) is 4.79 Å². The molecular formula is C18H22N2O5S. The maximum atomic E-state index is 12.4. The second kappa shape index (κ2) is 8.68. The smallest absolute Gasteiger partial charge is 0.260 e. The second-order valence-electron chi connectivity index (χ2n) is 5.52. The zero-order valence-corrected chi connectivity index (χ0v) is 15.7. The van der Waals surface area contributed by atoms with Crippen LogP contribution in [-0.4, -0.2) is 34.6 Å². The molecule has 2 N–H and O–H groups in total. The average molecular weight is 378 g/mol. The van der Waals surface area contributed by atoms with E-state index < -0.39 is 16.1 Å². The minimum atomic E-state index is -3.66. The number of amides is 1. The SMILES string of the molecule is CNC(=O)[C@H](C)Oc1ccc(S(=O)(=O)NCc2ccc(OC)cc2)cc1. The Bertz CT molecular complexity index is 833. The van der Waals surface area contributed by atoms with Gasteiger partial charge in [-0.05, 0) is 48.9 Å². The zero-order valence-electron chi connectivity index (χ0n) is 14.9. The highest BCUT2D eigenvalue weighted by Crippen LogP contribution is 2.18. The minimum absolute atomic E-state index is 0.117. The van der Waals surface area contributed by atoms with E-state index >= 15 is 0 Å². The summed E-state index contributed by atoms with van der Waals surface area (Å²) >= 11 is 0. The molecule has 0 saturated heterocycles. The van der Waals surface area contributed by atoms with Crippen molar-refractivity contribution in [1.29, 1.82) is 0 Å². The summed E-state index contributed by atoms with van der Waals surface area (Å²) in [6, 6.07) is 13.0. The molecule has 140 valence electrons. The number of carbonyl (C=O) groups is 1. The number of benzene rings is 2. The van der Waals surface area contributed by atoms with Gasteiger partial charge in [0.25, 0.3) is 5.91 Å². The van der Waals surface area contributed by atoms with Crippen LogP contribution in [0.2, 0.25) is 0 Å². The third kappa shape index (κ3) is 5.21. The first-order valence-corrected chi connectivity index (χ1v) is 9.45. The van der Waals surface area contributed by atoms with Crippen LogP contribution >= 0.6 is 0 Å². The van der Waals surface area contributed by atoms with Gasteiger partial charge in [-0.2, -0.15) is 0 Å². The fourth-order valence-electron chi connectivity index (χ4n) is 2.16. The molecule has 26 heavy (non-hydrogen) atoms. The summed E-state index contributed by atoms with van der Waals surface area (Å²) in [5, 5.41) is 2.48. The molecule has 0 bridgehead atoms. The molecule has 0 saturated carbocycles. The molecule has 0 radical (unpaired) electrons. The van der Waals surface area contributed by atoms with Crippen molar-refractivity contribution in [3.63, 3.8) is 0 Å². The van der Waals surface area contributed by atoms with Crippen LogP contribution in [0.4, 0.5) is 0 Å².